The Labute approximate surface area is 223 Å². The van der Waals surface area contributed by atoms with E-state index in [0.29, 0.717) is 22.5 Å². The Morgan fingerprint density at radius 3 is 2.43 bits per heavy atom. The van der Waals surface area contributed by atoms with E-state index >= 15 is 0 Å². The molecule has 3 aromatic rings. The predicted molar refractivity (Wildman–Crippen MR) is 155 cm³/mol. The Morgan fingerprint density at radius 2 is 1.76 bits per heavy atom. The average Bonchev–Trinajstić information content (AvgIpc) is 3.17. The van der Waals surface area contributed by atoms with Gasteiger partial charge in [-0.15, -0.1) is 0 Å². The number of rotatable bonds is 5. The quantitative estimate of drug-likeness (QED) is 0.339. The number of hydrogen-bond acceptors (Lipinski definition) is 5. The minimum Gasteiger partial charge on any atom is -0.496 e. The number of amidine groups is 1. The smallest absolute Gasteiger partial charge is 0.267 e. The molecular weight excluding hydrogens is 478 g/mol. The number of benzene rings is 3. The van der Waals surface area contributed by atoms with E-state index in [2.05, 4.69) is 44.9 Å². The Balaban J connectivity index is 1.55. The van der Waals surface area contributed by atoms with Crippen LogP contribution in [0.3, 0.4) is 0 Å². The van der Waals surface area contributed by atoms with Crippen LogP contribution in [0.15, 0.2) is 82.7 Å². The molecule has 37 heavy (non-hydrogen) atoms. The van der Waals surface area contributed by atoms with Crippen LogP contribution in [0.5, 0.6) is 5.75 Å². The van der Waals surface area contributed by atoms with Gasteiger partial charge >= 0.3 is 0 Å². The topological polar surface area (TPSA) is 45.1 Å². The van der Waals surface area contributed by atoms with E-state index in [9.17, 15) is 4.79 Å². The third-order valence-corrected chi connectivity index (χ3v) is 8.33. The first-order valence-corrected chi connectivity index (χ1v) is 13.4. The zero-order chi connectivity index (χ0) is 26.2. The molecule has 1 atom stereocenters. The fourth-order valence-corrected chi connectivity index (χ4v) is 6.14. The average molecular weight is 512 g/mol. The SMILES string of the molecule is COc1cc2c(cc1/C=C1/SC(=Nc3ccccc3)N(Cc3ccccc3)C1=O)C(C)CC(C)(C)N2C. The summed E-state index contributed by atoms with van der Waals surface area (Å²) < 4.78 is 5.82. The fraction of sp³-hybridized carbons (Fsp3) is 0.290. The Bertz CT molecular complexity index is 1370. The van der Waals surface area contributed by atoms with Gasteiger partial charge < -0.3 is 9.64 Å². The van der Waals surface area contributed by atoms with E-state index < -0.39 is 0 Å². The van der Waals surface area contributed by atoms with Crippen molar-refractivity contribution in [1.29, 1.82) is 0 Å². The van der Waals surface area contributed by atoms with Gasteiger partial charge in [-0.3, -0.25) is 9.69 Å². The van der Waals surface area contributed by atoms with Gasteiger partial charge in [0.1, 0.15) is 5.75 Å². The molecule has 0 saturated carbocycles. The van der Waals surface area contributed by atoms with Crippen LogP contribution in [0.2, 0.25) is 0 Å². The van der Waals surface area contributed by atoms with Gasteiger partial charge in [0.05, 0.1) is 24.2 Å². The molecule has 5 nitrogen and oxygen atoms in total. The molecule has 0 aromatic heterocycles. The van der Waals surface area contributed by atoms with Crippen LogP contribution in [0.25, 0.3) is 6.08 Å². The first-order valence-electron chi connectivity index (χ1n) is 12.6. The van der Waals surface area contributed by atoms with Crippen molar-refractivity contribution in [2.24, 2.45) is 4.99 Å². The third-order valence-electron chi connectivity index (χ3n) is 7.32. The lowest BCUT2D eigenvalue weighted by atomic mass is 9.80. The van der Waals surface area contributed by atoms with Crippen molar-refractivity contribution in [2.45, 2.75) is 45.2 Å². The first-order chi connectivity index (χ1) is 17.8. The molecule has 0 spiro atoms. The van der Waals surface area contributed by atoms with Crippen molar-refractivity contribution >= 4 is 40.3 Å². The van der Waals surface area contributed by atoms with E-state index in [1.807, 2.05) is 66.7 Å². The van der Waals surface area contributed by atoms with E-state index in [0.717, 1.165) is 29.0 Å². The standard InChI is InChI=1S/C31H33N3O2S/c1-21-19-31(2,3)33(4)26-18-27(36-5)23(16-25(21)26)17-28-29(35)34(20-22-12-8-6-9-13-22)30(37-28)32-24-14-10-7-11-15-24/h6-18,21H,19-20H2,1-5H3/b28-17+,32-30?. The number of aliphatic imine (C=N–C) groups is 1. The normalized spacial score (nSPS) is 21.0. The summed E-state index contributed by atoms with van der Waals surface area (Å²) in [4.78, 5) is 23.3. The minimum atomic E-state index is -0.0467. The largest absolute Gasteiger partial charge is 0.496 e. The summed E-state index contributed by atoms with van der Waals surface area (Å²) in [6, 6.07) is 24.1. The Morgan fingerprint density at radius 1 is 1.08 bits per heavy atom. The van der Waals surface area contributed by atoms with Gasteiger partial charge in [0.2, 0.25) is 0 Å². The number of ether oxygens (including phenoxy) is 1. The molecule has 1 fully saturated rings. The van der Waals surface area contributed by atoms with Gasteiger partial charge in [-0.2, -0.15) is 0 Å². The molecule has 3 aromatic carbocycles. The van der Waals surface area contributed by atoms with Gasteiger partial charge in [-0.1, -0.05) is 55.5 Å². The maximum atomic E-state index is 13.7. The molecule has 2 heterocycles. The van der Waals surface area contributed by atoms with Crippen molar-refractivity contribution in [1.82, 2.24) is 4.90 Å². The number of amides is 1. The van der Waals surface area contributed by atoms with Crippen molar-refractivity contribution in [2.75, 3.05) is 19.1 Å². The number of carbonyl (C=O) groups is 1. The number of hydrogen-bond donors (Lipinski definition) is 0. The van der Waals surface area contributed by atoms with Crippen LogP contribution < -0.4 is 9.64 Å². The second-order valence-electron chi connectivity index (χ2n) is 10.3. The highest BCUT2D eigenvalue weighted by Crippen LogP contribution is 2.46. The zero-order valence-corrected chi connectivity index (χ0v) is 22.9. The van der Waals surface area contributed by atoms with Crippen LogP contribution >= 0.6 is 11.8 Å². The van der Waals surface area contributed by atoms with Crippen LogP contribution in [-0.4, -0.2) is 35.7 Å². The number of carbonyl (C=O) groups excluding carboxylic acids is 1. The number of methoxy groups -OCH3 is 1. The molecule has 0 radical (unpaired) electrons. The van der Waals surface area contributed by atoms with E-state index in [4.69, 9.17) is 9.73 Å². The van der Waals surface area contributed by atoms with Crippen LogP contribution in [0.1, 0.15) is 49.8 Å². The molecule has 1 unspecified atom stereocenters. The fourth-order valence-electron chi connectivity index (χ4n) is 5.15. The first kappa shape index (κ1) is 25.2. The highest BCUT2D eigenvalue weighted by atomic mass is 32.2. The van der Waals surface area contributed by atoms with Gasteiger partial charge in [0.25, 0.3) is 5.91 Å². The Kier molecular flexibility index (Phi) is 6.86. The second-order valence-corrected chi connectivity index (χ2v) is 11.4. The molecule has 2 aliphatic rings. The van der Waals surface area contributed by atoms with Crippen LogP contribution in [0, 0.1) is 0 Å². The number of para-hydroxylation sites is 1. The number of thioether (sulfide) groups is 1. The number of anilines is 1. The van der Waals surface area contributed by atoms with Crippen molar-refractivity contribution in [3.05, 3.63) is 94.4 Å². The minimum absolute atomic E-state index is 0.0467. The molecule has 2 aliphatic heterocycles. The Hall–Kier alpha value is -3.51. The summed E-state index contributed by atoms with van der Waals surface area (Å²) in [6.07, 6.45) is 3.02. The monoisotopic (exact) mass is 511 g/mol. The molecule has 1 amide bonds. The van der Waals surface area contributed by atoms with Crippen molar-refractivity contribution < 1.29 is 9.53 Å². The summed E-state index contributed by atoms with van der Waals surface area (Å²) in [5.41, 5.74) is 5.33. The lowest BCUT2D eigenvalue weighted by Crippen LogP contribution is -2.45. The molecule has 5 rings (SSSR count). The van der Waals surface area contributed by atoms with Crippen molar-refractivity contribution in [3.63, 3.8) is 0 Å². The molecule has 6 heteroatoms. The zero-order valence-electron chi connectivity index (χ0n) is 22.1. The van der Waals surface area contributed by atoms with Gasteiger partial charge in [0, 0.05) is 29.9 Å². The highest BCUT2D eigenvalue weighted by Gasteiger charge is 2.36. The van der Waals surface area contributed by atoms with Crippen LogP contribution in [0.4, 0.5) is 11.4 Å². The van der Waals surface area contributed by atoms with E-state index in [1.165, 1.54) is 23.0 Å². The molecule has 0 N–H and O–H groups in total. The van der Waals surface area contributed by atoms with Gasteiger partial charge in [-0.05, 0) is 73.4 Å². The summed E-state index contributed by atoms with van der Waals surface area (Å²) in [5.74, 6) is 1.12. The van der Waals surface area contributed by atoms with E-state index in [-0.39, 0.29) is 11.4 Å². The second kappa shape index (κ2) is 10.1. The summed E-state index contributed by atoms with van der Waals surface area (Å²) in [5, 5.41) is 0.679. The summed E-state index contributed by atoms with van der Waals surface area (Å²) >= 11 is 1.41. The predicted octanol–water partition coefficient (Wildman–Crippen LogP) is 7.22. The summed E-state index contributed by atoms with van der Waals surface area (Å²) in [7, 11) is 3.83. The van der Waals surface area contributed by atoms with Gasteiger partial charge in [-0.25, -0.2) is 4.99 Å². The van der Waals surface area contributed by atoms with Crippen LogP contribution in [-0.2, 0) is 11.3 Å². The maximum Gasteiger partial charge on any atom is 0.267 e. The van der Waals surface area contributed by atoms with E-state index in [1.54, 1.807) is 12.0 Å². The molecule has 190 valence electrons. The van der Waals surface area contributed by atoms with Crippen molar-refractivity contribution in [3.8, 4) is 5.75 Å². The molecule has 0 aliphatic carbocycles. The van der Waals surface area contributed by atoms with Gasteiger partial charge in [0.15, 0.2) is 5.17 Å². The number of fused-ring (bicyclic) bond motifs is 1. The number of nitrogens with zero attached hydrogens (tertiary/aromatic N) is 3. The third kappa shape index (κ3) is 5.03. The summed E-state index contributed by atoms with van der Waals surface area (Å²) in [6.45, 7) is 7.29. The molecular formula is C31H33N3O2S. The lowest BCUT2D eigenvalue weighted by molar-refractivity contribution is -0.122. The molecule has 1 saturated heterocycles. The maximum absolute atomic E-state index is 13.7. The molecule has 0 bridgehead atoms. The highest BCUT2D eigenvalue weighted by molar-refractivity contribution is 8.18. The lowest BCUT2D eigenvalue weighted by Gasteiger charge is -2.45.